The zero-order valence-electron chi connectivity index (χ0n) is 16.1. The lowest BCUT2D eigenvalue weighted by molar-refractivity contribution is -0.114. The first kappa shape index (κ1) is 19.0. The van der Waals surface area contributed by atoms with Crippen molar-refractivity contribution in [1.82, 2.24) is 14.8 Å². The van der Waals surface area contributed by atoms with Crippen LogP contribution < -0.4 is 10.2 Å². The first-order valence-corrected chi connectivity index (χ1v) is 10.8. The van der Waals surface area contributed by atoms with E-state index in [0.29, 0.717) is 23.0 Å². The predicted octanol–water partition coefficient (Wildman–Crippen LogP) is 3.54. The molecule has 2 aliphatic rings. The van der Waals surface area contributed by atoms with Crippen LogP contribution in [-0.4, -0.2) is 45.3 Å². The van der Waals surface area contributed by atoms with Gasteiger partial charge in [-0.05, 0) is 56.4 Å². The number of carbonyl (C=O) groups is 2. The van der Waals surface area contributed by atoms with Crippen LogP contribution in [0.15, 0.2) is 29.4 Å². The van der Waals surface area contributed by atoms with Gasteiger partial charge >= 0.3 is 0 Å². The van der Waals surface area contributed by atoms with Crippen molar-refractivity contribution in [3.63, 3.8) is 0 Å². The molecule has 2 fully saturated rings. The summed E-state index contributed by atoms with van der Waals surface area (Å²) in [7, 11) is 0. The number of Topliss-reactive ketones (excluding diaryl/α,β-unsaturated/α-hetero) is 1. The van der Waals surface area contributed by atoms with E-state index in [1.807, 2.05) is 0 Å². The monoisotopic (exact) mass is 399 g/mol. The Bertz CT molecular complexity index is 854. The van der Waals surface area contributed by atoms with Gasteiger partial charge in [-0.25, -0.2) is 0 Å². The van der Waals surface area contributed by atoms with E-state index < -0.39 is 0 Å². The van der Waals surface area contributed by atoms with Crippen LogP contribution in [0.5, 0.6) is 0 Å². The summed E-state index contributed by atoms with van der Waals surface area (Å²) < 4.78 is 2.24. The van der Waals surface area contributed by atoms with Crippen molar-refractivity contribution in [3.8, 4) is 0 Å². The van der Waals surface area contributed by atoms with Crippen molar-refractivity contribution < 1.29 is 9.59 Å². The van der Waals surface area contributed by atoms with Crippen LogP contribution >= 0.6 is 11.8 Å². The summed E-state index contributed by atoms with van der Waals surface area (Å²) in [5.41, 5.74) is 1.33. The van der Waals surface area contributed by atoms with Crippen LogP contribution in [0.25, 0.3) is 0 Å². The zero-order chi connectivity index (χ0) is 19.5. The van der Waals surface area contributed by atoms with Gasteiger partial charge in [0.05, 0.1) is 5.75 Å². The van der Waals surface area contributed by atoms with Crippen molar-refractivity contribution in [1.29, 1.82) is 0 Å². The maximum absolute atomic E-state index is 12.6. The highest BCUT2D eigenvalue weighted by molar-refractivity contribution is 7.99. The summed E-state index contributed by atoms with van der Waals surface area (Å²) in [5, 5.41) is 12.4. The number of ketones is 1. The second kappa shape index (κ2) is 8.34. The van der Waals surface area contributed by atoms with Gasteiger partial charge in [-0.15, -0.1) is 10.2 Å². The summed E-state index contributed by atoms with van der Waals surface area (Å²) in [6, 6.07) is 7.47. The van der Waals surface area contributed by atoms with Crippen molar-refractivity contribution in [3.05, 3.63) is 29.8 Å². The quantitative estimate of drug-likeness (QED) is 0.567. The molecule has 1 amide bonds. The molecule has 148 valence electrons. The third kappa shape index (κ3) is 4.38. The van der Waals surface area contributed by atoms with Gasteiger partial charge in [0.2, 0.25) is 11.9 Å². The molecule has 0 bridgehead atoms. The Morgan fingerprint density at radius 2 is 1.82 bits per heavy atom. The van der Waals surface area contributed by atoms with Gasteiger partial charge in [-0.2, -0.15) is 0 Å². The minimum absolute atomic E-state index is 0.0456. The lowest BCUT2D eigenvalue weighted by Crippen LogP contribution is -2.31. The molecule has 1 saturated carbocycles. The fraction of sp³-hybridized carbons (Fsp3) is 0.500. The van der Waals surface area contributed by atoms with Gasteiger partial charge in [0.25, 0.3) is 0 Å². The lowest BCUT2D eigenvalue weighted by atomic mass is 10.1. The Morgan fingerprint density at radius 1 is 1.11 bits per heavy atom. The standard InChI is InChI=1S/C20H25N5O2S/c1-14(26)21-16-7-5-15(6-8-16)18(27)13-28-20-23-22-19(25(20)17-9-10-17)24-11-3-2-4-12-24/h5-8,17H,2-4,9-13H2,1H3,(H,21,26). The van der Waals surface area contributed by atoms with E-state index in [1.54, 1.807) is 24.3 Å². The van der Waals surface area contributed by atoms with Crippen LogP contribution in [0.1, 0.15) is 55.4 Å². The molecule has 2 aromatic rings. The smallest absolute Gasteiger partial charge is 0.228 e. The molecule has 1 aliphatic carbocycles. The molecular weight excluding hydrogens is 374 g/mol. The summed E-state index contributed by atoms with van der Waals surface area (Å²) in [6.07, 6.45) is 6.00. The molecular formula is C20H25N5O2S. The van der Waals surface area contributed by atoms with Crippen molar-refractivity contribution in [2.75, 3.05) is 29.1 Å². The number of thioether (sulfide) groups is 1. The first-order chi connectivity index (χ1) is 13.6. The molecule has 2 heterocycles. The third-order valence-electron chi connectivity index (χ3n) is 5.06. The highest BCUT2D eigenvalue weighted by atomic mass is 32.2. The number of hydrogen-bond donors (Lipinski definition) is 1. The van der Waals surface area contributed by atoms with Crippen molar-refractivity contribution in [2.45, 2.75) is 50.2 Å². The molecule has 7 nitrogen and oxygen atoms in total. The van der Waals surface area contributed by atoms with E-state index in [0.717, 1.165) is 37.0 Å². The summed E-state index contributed by atoms with van der Waals surface area (Å²) in [4.78, 5) is 26.0. The molecule has 8 heteroatoms. The van der Waals surface area contributed by atoms with E-state index in [4.69, 9.17) is 0 Å². The Morgan fingerprint density at radius 3 is 2.46 bits per heavy atom. The Labute approximate surface area is 168 Å². The molecule has 4 rings (SSSR count). The van der Waals surface area contributed by atoms with Crippen LogP contribution in [0.4, 0.5) is 11.6 Å². The molecule has 0 atom stereocenters. The molecule has 0 unspecified atom stereocenters. The van der Waals surface area contributed by atoms with Crippen LogP contribution in [-0.2, 0) is 4.79 Å². The second-order valence-corrected chi connectivity index (χ2v) is 8.34. The number of aromatic nitrogens is 3. The van der Waals surface area contributed by atoms with E-state index >= 15 is 0 Å². The largest absolute Gasteiger partial charge is 0.341 e. The predicted molar refractivity (Wildman–Crippen MR) is 110 cm³/mol. The van der Waals surface area contributed by atoms with Gasteiger partial charge in [0.1, 0.15) is 0 Å². The fourth-order valence-electron chi connectivity index (χ4n) is 3.49. The summed E-state index contributed by atoms with van der Waals surface area (Å²) in [5.74, 6) is 1.21. The van der Waals surface area contributed by atoms with E-state index in [2.05, 4.69) is 25.0 Å². The number of piperidine rings is 1. The number of hydrogen-bond acceptors (Lipinski definition) is 6. The zero-order valence-corrected chi connectivity index (χ0v) is 16.9. The summed E-state index contributed by atoms with van der Waals surface area (Å²) >= 11 is 1.46. The lowest BCUT2D eigenvalue weighted by Gasteiger charge is -2.27. The maximum atomic E-state index is 12.6. The number of anilines is 2. The van der Waals surface area contributed by atoms with Gasteiger partial charge < -0.3 is 10.2 Å². The van der Waals surface area contributed by atoms with Crippen LogP contribution in [0, 0.1) is 0 Å². The Hall–Kier alpha value is -2.35. The number of nitrogens with one attached hydrogen (secondary N) is 1. The van der Waals surface area contributed by atoms with Gasteiger partial charge in [-0.3, -0.25) is 14.2 Å². The highest BCUT2D eigenvalue weighted by Gasteiger charge is 2.32. The number of rotatable bonds is 7. The molecule has 1 saturated heterocycles. The van der Waals surface area contributed by atoms with Crippen molar-refractivity contribution in [2.24, 2.45) is 0 Å². The number of amides is 1. The molecule has 0 radical (unpaired) electrons. The fourth-order valence-corrected chi connectivity index (χ4v) is 4.38. The Kier molecular flexibility index (Phi) is 5.66. The topological polar surface area (TPSA) is 80.1 Å². The molecule has 1 aromatic heterocycles. The number of carbonyl (C=O) groups excluding carboxylic acids is 2. The minimum Gasteiger partial charge on any atom is -0.341 e. The molecule has 28 heavy (non-hydrogen) atoms. The van der Waals surface area contributed by atoms with Crippen LogP contribution in [0.2, 0.25) is 0 Å². The molecule has 1 aliphatic heterocycles. The van der Waals surface area contributed by atoms with Gasteiger partial charge in [0.15, 0.2) is 10.9 Å². The van der Waals surface area contributed by atoms with Gasteiger partial charge in [0, 0.05) is 37.3 Å². The number of benzene rings is 1. The normalized spacial score (nSPS) is 16.8. The van der Waals surface area contributed by atoms with Crippen LogP contribution in [0.3, 0.4) is 0 Å². The average Bonchev–Trinajstić information content (AvgIpc) is 3.46. The highest BCUT2D eigenvalue weighted by Crippen LogP contribution is 2.41. The first-order valence-electron chi connectivity index (χ1n) is 9.85. The van der Waals surface area contributed by atoms with E-state index in [1.165, 1.54) is 37.9 Å². The Balaban J connectivity index is 1.42. The van der Waals surface area contributed by atoms with Gasteiger partial charge in [-0.1, -0.05) is 11.8 Å². The number of nitrogens with zero attached hydrogens (tertiary/aromatic N) is 4. The third-order valence-corrected chi connectivity index (χ3v) is 6.00. The maximum Gasteiger partial charge on any atom is 0.228 e. The summed E-state index contributed by atoms with van der Waals surface area (Å²) in [6.45, 7) is 3.54. The van der Waals surface area contributed by atoms with Crippen molar-refractivity contribution >= 4 is 35.1 Å². The molecule has 1 aromatic carbocycles. The minimum atomic E-state index is -0.126. The molecule has 1 N–H and O–H groups in total. The SMILES string of the molecule is CC(=O)Nc1ccc(C(=O)CSc2nnc(N3CCCCC3)n2C2CC2)cc1. The van der Waals surface area contributed by atoms with E-state index in [-0.39, 0.29) is 11.7 Å². The molecule has 0 spiro atoms. The average molecular weight is 400 g/mol. The second-order valence-electron chi connectivity index (χ2n) is 7.40. The van der Waals surface area contributed by atoms with E-state index in [9.17, 15) is 9.59 Å².